The number of aryl methyl sites for hydroxylation is 1. The second kappa shape index (κ2) is 5.91. The Hall–Kier alpha value is -1.49. The number of carbonyl (C=O) groups excluding carboxylic acids is 1. The zero-order valence-electron chi connectivity index (χ0n) is 10.7. The number of nitrogen functional groups attached to an aromatic ring is 1. The Morgan fingerprint density at radius 2 is 2.28 bits per heavy atom. The van der Waals surface area contributed by atoms with E-state index >= 15 is 0 Å². The first-order chi connectivity index (χ1) is 8.70. The molecule has 0 radical (unpaired) electrons. The van der Waals surface area contributed by atoms with Crippen LogP contribution in [-0.4, -0.2) is 29.9 Å². The predicted molar refractivity (Wildman–Crippen MR) is 68.4 cm³/mol. The first-order valence-electron chi connectivity index (χ1n) is 6.45. The van der Waals surface area contributed by atoms with Gasteiger partial charge in [0.1, 0.15) is 11.8 Å². The van der Waals surface area contributed by atoms with E-state index in [1.165, 1.54) is 0 Å². The first kappa shape index (κ1) is 13.0. The van der Waals surface area contributed by atoms with Gasteiger partial charge in [-0.3, -0.25) is 0 Å². The van der Waals surface area contributed by atoms with Crippen LogP contribution < -0.4 is 5.73 Å². The molecule has 0 aliphatic carbocycles. The standard InChI is InChI=1S/C13H20N2O3/c1-2-5-15-9-10(14)8-12(15)13(16)18-11-3-6-17-7-4-11/h8-9,11H,2-7,14H2,1H3. The van der Waals surface area contributed by atoms with Crippen LogP contribution in [0.15, 0.2) is 12.3 Å². The maximum atomic E-state index is 12.1. The molecule has 2 heterocycles. The van der Waals surface area contributed by atoms with E-state index < -0.39 is 0 Å². The fourth-order valence-electron chi connectivity index (χ4n) is 2.14. The fourth-order valence-corrected chi connectivity index (χ4v) is 2.14. The lowest BCUT2D eigenvalue weighted by molar-refractivity contribution is -0.0166. The van der Waals surface area contributed by atoms with Crippen LogP contribution in [0.25, 0.3) is 0 Å². The van der Waals surface area contributed by atoms with E-state index in [1.54, 1.807) is 12.3 Å². The van der Waals surface area contributed by atoms with Gasteiger partial charge >= 0.3 is 5.97 Å². The van der Waals surface area contributed by atoms with Gasteiger partial charge in [-0.1, -0.05) is 6.92 Å². The lowest BCUT2D eigenvalue weighted by Crippen LogP contribution is -2.27. The van der Waals surface area contributed by atoms with E-state index in [2.05, 4.69) is 6.92 Å². The molecule has 0 unspecified atom stereocenters. The minimum absolute atomic E-state index is 0.0301. The number of esters is 1. The van der Waals surface area contributed by atoms with Crippen LogP contribution in [-0.2, 0) is 16.0 Å². The molecule has 5 heteroatoms. The molecule has 0 saturated carbocycles. The second-order valence-corrected chi connectivity index (χ2v) is 4.57. The van der Waals surface area contributed by atoms with Crippen molar-refractivity contribution in [3.05, 3.63) is 18.0 Å². The number of nitrogens with zero attached hydrogens (tertiary/aromatic N) is 1. The zero-order chi connectivity index (χ0) is 13.0. The van der Waals surface area contributed by atoms with Crippen molar-refractivity contribution in [2.24, 2.45) is 0 Å². The summed E-state index contributed by atoms with van der Waals surface area (Å²) in [5.74, 6) is -0.285. The van der Waals surface area contributed by atoms with Gasteiger partial charge in [-0.15, -0.1) is 0 Å². The van der Waals surface area contributed by atoms with Crippen LogP contribution >= 0.6 is 0 Å². The van der Waals surface area contributed by atoms with Crippen molar-refractivity contribution < 1.29 is 14.3 Å². The molecule has 1 aromatic heterocycles. The normalized spacial score (nSPS) is 16.7. The van der Waals surface area contributed by atoms with E-state index in [4.69, 9.17) is 15.2 Å². The smallest absolute Gasteiger partial charge is 0.355 e. The molecule has 18 heavy (non-hydrogen) atoms. The second-order valence-electron chi connectivity index (χ2n) is 4.57. The number of anilines is 1. The minimum atomic E-state index is -0.285. The van der Waals surface area contributed by atoms with Crippen molar-refractivity contribution in [3.63, 3.8) is 0 Å². The summed E-state index contributed by atoms with van der Waals surface area (Å²) in [6.45, 7) is 4.16. The molecule has 0 atom stereocenters. The lowest BCUT2D eigenvalue weighted by atomic mass is 10.1. The molecule has 5 nitrogen and oxygen atoms in total. The molecule has 0 spiro atoms. The lowest BCUT2D eigenvalue weighted by Gasteiger charge is -2.22. The third-order valence-corrected chi connectivity index (χ3v) is 3.03. The van der Waals surface area contributed by atoms with Crippen molar-refractivity contribution in [3.8, 4) is 0 Å². The highest BCUT2D eigenvalue weighted by atomic mass is 16.6. The van der Waals surface area contributed by atoms with Crippen molar-refractivity contribution >= 4 is 11.7 Å². The van der Waals surface area contributed by atoms with Crippen LogP contribution in [0.5, 0.6) is 0 Å². The molecule has 1 aliphatic heterocycles. The number of hydrogen-bond donors (Lipinski definition) is 1. The Bertz CT molecular complexity index is 408. The summed E-state index contributed by atoms with van der Waals surface area (Å²) in [6.07, 6.45) is 4.25. The third-order valence-electron chi connectivity index (χ3n) is 3.03. The summed E-state index contributed by atoms with van der Waals surface area (Å²) in [5, 5.41) is 0. The quantitative estimate of drug-likeness (QED) is 0.830. The van der Waals surface area contributed by atoms with Crippen LogP contribution in [0, 0.1) is 0 Å². The summed E-state index contributed by atoms with van der Waals surface area (Å²) in [5.41, 5.74) is 6.87. The average molecular weight is 252 g/mol. The highest BCUT2D eigenvalue weighted by molar-refractivity contribution is 5.89. The Labute approximate surface area is 107 Å². The molecule has 1 aromatic rings. The van der Waals surface area contributed by atoms with Crippen LogP contribution in [0.2, 0.25) is 0 Å². The van der Waals surface area contributed by atoms with E-state index in [0.29, 0.717) is 24.6 Å². The minimum Gasteiger partial charge on any atom is -0.458 e. The van der Waals surface area contributed by atoms with Gasteiger partial charge in [-0.25, -0.2) is 4.79 Å². The summed E-state index contributed by atoms with van der Waals surface area (Å²) in [4.78, 5) is 12.1. The molecule has 0 amide bonds. The van der Waals surface area contributed by atoms with Crippen molar-refractivity contribution in [1.29, 1.82) is 0 Å². The van der Waals surface area contributed by atoms with Crippen molar-refractivity contribution in [2.45, 2.75) is 38.8 Å². The Kier molecular flexibility index (Phi) is 4.25. The molecule has 1 aliphatic rings. The van der Waals surface area contributed by atoms with Gasteiger partial charge in [-0.2, -0.15) is 0 Å². The number of aromatic nitrogens is 1. The molecule has 2 rings (SSSR count). The van der Waals surface area contributed by atoms with E-state index in [-0.39, 0.29) is 12.1 Å². The molecule has 1 saturated heterocycles. The van der Waals surface area contributed by atoms with Gasteiger partial charge in [0.15, 0.2) is 0 Å². The monoisotopic (exact) mass is 252 g/mol. The largest absolute Gasteiger partial charge is 0.458 e. The number of ether oxygens (including phenoxy) is 2. The van der Waals surface area contributed by atoms with Gasteiger partial charge in [0.2, 0.25) is 0 Å². The summed E-state index contributed by atoms with van der Waals surface area (Å²) >= 11 is 0. The molecular formula is C13H20N2O3. The SMILES string of the molecule is CCCn1cc(N)cc1C(=O)OC1CCOCC1. The van der Waals surface area contributed by atoms with Crippen molar-refractivity contribution in [1.82, 2.24) is 4.57 Å². The maximum Gasteiger partial charge on any atom is 0.355 e. The van der Waals surface area contributed by atoms with E-state index in [9.17, 15) is 4.79 Å². The van der Waals surface area contributed by atoms with E-state index in [0.717, 1.165) is 25.8 Å². The van der Waals surface area contributed by atoms with Gasteiger partial charge in [0, 0.05) is 25.6 Å². The van der Waals surface area contributed by atoms with Gasteiger partial charge < -0.3 is 19.8 Å². The molecule has 0 aromatic carbocycles. The fraction of sp³-hybridized carbons (Fsp3) is 0.615. The maximum absolute atomic E-state index is 12.1. The zero-order valence-corrected chi connectivity index (χ0v) is 10.7. The molecule has 1 fully saturated rings. The Morgan fingerprint density at radius 1 is 1.56 bits per heavy atom. The van der Waals surface area contributed by atoms with Gasteiger partial charge in [0.25, 0.3) is 0 Å². The van der Waals surface area contributed by atoms with Crippen molar-refractivity contribution in [2.75, 3.05) is 18.9 Å². The average Bonchev–Trinajstić information content (AvgIpc) is 2.72. The van der Waals surface area contributed by atoms with Gasteiger partial charge in [0.05, 0.1) is 18.9 Å². The van der Waals surface area contributed by atoms with Crippen LogP contribution in [0.3, 0.4) is 0 Å². The molecule has 0 bridgehead atoms. The van der Waals surface area contributed by atoms with Gasteiger partial charge in [-0.05, 0) is 12.5 Å². The Balaban J connectivity index is 2.03. The molecule has 2 N–H and O–H groups in total. The number of carbonyl (C=O) groups is 1. The molecule has 100 valence electrons. The van der Waals surface area contributed by atoms with E-state index in [1.807, 2.05) is 4.57 Å². The molecular weight excluding hydrogens is 232 g/mol. The number of rotatable bonds is 4. The highest BCUT2D eigenvalue weighted by Crippen LogP contribution is 2.17. The third kappa shape index (κ3) is 3.04. The summed E-state index contributed by atoms with van der Waals surface area (Å²) in [6, 6.07) is 1.68. The van der Waals surface area contributed by atoms with Crippen LogP contribution in [0.1, 0.15) is 36.7 Å². The predicted octanol–water partition coefficient (Wildman–Crippen LogP) is 1.82. The summed E-state index contributed by atoms with van der Waals surface area (Å²) in [7, 11) is 0. The topological polar surface area (TPSA) is 66.5 Å². The summed E-state index contributed by atoms with van der Waals surface area (Å²) < 4.78 is 12.6. The highest BCUT2D eigenvalue weighted by Gasteiger charge is 2.21. The Morgan fingerprint density at radius 3 is 2.94 bits per heavy atom. The van der Waals surface area contributed by atoms with Crippen LogP contribution in [0.4, 0.5) is 5.69 Å². The first-order valence-corrected chi connectivity index (χ1v) is 6.45. The number of hydrogen-bond acceptors (Lipinski definition) is 4. The number of nitrogens with two attached hydrogens (primary N) is 1.